The zero-order valence-electron chi connectivity index (χ0n) is 9.76. The normalized spacial score (nSPS) is 11.4. The van der Waals surface area contributed by atoms with Gasteiger partial charge in [-0.25, -0.2) is 5.43 Å². The smallest absolute Gasteiger partial charge is 0.267 e. The van der Waals surface area contributed by atoms with Crippen molar-refractivity contribution in [2.24, 2.45) is 5.10 Å². The molecule has 17 heavy (non-hydrogen) atoms. The maximum atomic E-state index is 11.8. The molecule has 0 unspecified atom stereocenters. The average Bonchev–Trinajstić information content (AvgIpc) is 2.29. The van der Waals surface area contributed by atoms with Crippen LogP contribution in [0.4, 0.5) is 0 Å². The number of carbonyl (C=O) groups is 1. The summed E-state index contributed by atoms with van der Waals surface area (Å²) in [5.74, 6) is -0.354. The highest BCUT2D eigenvalue weighted by atomic mass is 35.5. The van der Waals surface area contributed by atoms with Gasteiger partial charge in [0.15, 0.2) is 0 Å². The van der Waals surface area contributed by atoms with Crippen molar-refractivity contribution in [2.75, 3.05) is 0 Å². The van der Waals surface area contributed by atoms with Gasteiger partial charge in [-0.1, -0.05) is 36.5 Å². The Bertz CT molecular complexity index is 444. The van der Waals surface area contributed by atoms with Crippen molar-refractivity contribution in [1.82, 2.24) is 5.43 Å². The highest BCUT2D eigenvalue weighted by Gasteiger charge is 2.10. The van der Waals surface area contributed by atoms with Gasteiger partial charge in [0, 0.05) is 10.7 Å². The quantitative estimate of drug-likeness (QED) is 0.656. The number of hydrazone groups is 1. The summed E-state index contributed by atoms with van der Waals surface area (Å²) in [7, 11) is 0. The molecular weight excluding hydrogens is 259 g/mol. The summed E-state index contributed by atoms with van der Waals surface area (Å²) in [4.78, 5) is 11.8. The third-order valence-corrected chi connectivity index (χ3v) is 2.70. The lowest BCUT2D eigenvalue weighted by Gasteiger charge is -2.04. The van der Waals surface area contributed by atoms with E-state index in [-0.39, 0.29) is 5.91 Å². The molecule has 92 valence electrons. The van der Waals surface area contributed by atoms with Gasteiger partial charge in [-0.3, -0.25) is 4.79 Å². The van der Waals surface area contributed by atoms with Crippen LogP contribution in [0.3, 0.4) is 0 Å². The third kappa shape index (κ3) is 4.36. The van der Waals surface area contributed by atoms with Gasteiger partial charge in [0.2, 0.25) is 0 Å². The van der Waals surface area contributed by atoms with Crippen molar-refractivity contribution in [3.8, 4) is 0 Å². The maximum absolute atomic E-state index is 11.8. The molecule has 5 heteroatoms. The fourth-order valence-electron chi connectivity index (χ4n) is 1.30. The molecule has 1 N–H and O–H groups in total. The zero-order valence-corrected chi connectivity index (χ0v) is 11.3. The molecule has 0 radical (unpaired) electrons. The molecule has 0 saturated carbocycles. The van der Waals surface area contributed by atoms with Crippen molar-refractivity contribution >= 4 is 34.8 Å². The lowest BCUT2D eigenvalue weighted by molar-refractivity contribution is 0.0955. The Kier molecular flexibility index (Phi) is 5.45. The molecule has 0 saturated heterocycles. The SMILES string of the molecule is CCC/C(C)=N\NC(=O)c1cc(Cl)ccc1Cl. The molecule has 1 aromatic rings. The second-order valence-electron chi connectivity index (χ2n) is 3.66. The summed E-state index contributed by atoms with van der Waals surface area (Å²) in [6.07, 6.45) is 1.84. The van der Waals surface area contributed by atoms with E-state index in [0.717, 1.165) is 18.6 Å². The number of hydrogen-bond acceptors (Lipinski definition) is 2. The molecule has 0 bridgehead atoms. The Hall–Kier alpha value is -1.06. The van der Waals surface area contributed by atoms with Crippen molar-refractivity contribution in [1.29, 1.82) is 0 Å². The predicted octanol–water partition coefficient (Wildman–Crippen LogP) is 3.90. The van der Waals surface area contributed by atoms with Crippen LogP contribution in [0.15, 0.2) is 23.3 Å². The lowest BCUT2D eigenvalue weighted by Crippen LogP contribution is -2.19. The molecule has 1 rings (SSSR count). The molecule has 0 aliphatic rings. The number of halogens is 2. The number of nitrogens with one attached hydrogen (secondary N) is 1. The number of rotatable bonds is 4. The van der Waals surface area contributed by atoms with E-state index in [1.54, 1.807) is 12.1 Å². The number of amides is 1. The number of nitrogens with zero attached hydrogens (tertiary/aromatic N) is 1. The minimum absolute atomic E-state index is 0.326. The van der Waals surface area contributed by atoms with Crippen molar-refractivity contribution in [3.05, 3.63) is 33.8 Å². The standard InChI is InChI=1S/C12H14Cl2N2O/c1-3-4-8(2)15-16-12(17)10-7-9(13)5-6-11(10)14/h5-7H,3-4H2,1-2H3,(H,16,17)/b15-8-. The Morgan fingerprint density at radius 3 is 2.76 bits per heavy atom. The molecule has 0 fully saturated rings. The van der Waals surface area contributed by atoms with Crippen LogP contribution in [0.25, 0.3) is 0 Å². The van der Waals surface area contributed by atoms with Gasteiger partial charge in [0.25, 0.3) is 5.91 Å². The lowest BCUT2D eigenvalue weighted by atomic mass is 10.2. The van der Waals surface area contributed by atoms with Gasteiger partial charge in [0.05, 0.1) is 10.6 Å². The third-order valence-electron chi connectivity index (χ3n) is 2.13. The Labute approximate surface area is 111 Å². The summed E-state index contributed by atoms with van der Waals surface area (Å²) >= 11 is 11.7. The summed E-state index contributed by atoms with van der Waals surface area (Å²) in [6.45, 7) is 3.91. The first-order valence-corrected chi connectivity index (χ1v) is 6.08. The molecule has 0 aromatic heterocycles. The van der Waals surface area contributed by atoms with Gasteiger partial charge in [-0.2, -0.15) is 5.10 Å². The Morgan fingerprint density at radius 1 is 1.41 bits per heavy atom. The molecule has 1 amide bonds. The number of carbonyl (C=O) groups excluding carboxylic acids is 1. The minimum Gasteiger partial charge on any atom is -0.267 e. The van der Waals surface area contributed by atoms with Crippen LogP contribution < -0.4 is 5.43 Å². The Morgan fingerprint density at radius 2 is 2.12 bits per heavy atom. The summed E-state index contributed by atoms with van der Waals surface area (Å²) in [5, 5.41) is 4.80. The van der Waals surface area contributed by atoms with E-state index in [1.165, 1.54) is 6.07 Å². The van der Waals surface area contributed by atoms with Crippen LogP contribution in [-0.2, 0) is 0 Å². The zero-order chi connectivity index (χ0) is 12.8. The molecule has 0 aliphatic carbocycles. The van der Waals surface area contributed by atoms with E-state index < -0.39 is 0 Å². The fraction of sp³-hybridized carbons (Fsp3) is 0.333. The fourth-order valence-corrected chi connectivity index (χ4v) is 1.67. The number of benzene rings is 1. The first kappa shape index (κ1) is 14.0. The van der Waals surface area contributed by atoms with Crippen LogP contribution in [0.2, 0.25) is 10.0 Å². The van der Waals surface area contributed by atoms with Gasteiger partial charge >= 0.3 is 0 Å². The highest BCUT2D eigenvalue weighted by Crippen LogP contribution is 2.20. The van der Waals surface area contributed by atoms with Crippen molar-refractivity contribution in [3.63, 3.8) is 0 Å². The topological polar surface area (TPSA) is 41.5 Å². The van der Waals surface area contributed by atoms with Crippen molar-refractivity contribution < 1.29 is 4.79 Å². The van der Waals surface area contributed by atoms with E-state index >= 15 is 0 Å². The van der Waals surface area contributed by atoms with Crippen molar-refractivity contribution in [2.45, 2.75) is 26.7 Å². The van der Waals surface area contributed by atoms with Crippen LogP contribution in [0.1, 0.15) is 37.0 Å². The Balaban J connectivity index is 2.76. The molecule has 0 heterocycles. The average molecular weight is 273 g/mol. The van der Waals surface area contributed by atoms with E-state index in [9.17, 15) is 4.79 Å². The molecule has 0 spiro atoms. The minimum atomic E-state index is -0.354. The maximum Gasteiger partial charge on any atom is 0.272 e. The first-order chi connectivity index (χ1) is 8.04. The first-order valence-electron chi connectivity index (χ1n) is 5.33. The summed E-state index contributed by atoms with van der Waals surface area (Å²) in [5.41, 5.74) is 3.66. The second-order valence-corrected chi connectivity index (χ2v) is 4.51. The predicted molar refractivity (Wildman–Crippen MR) is 71.9 cm³/mol. The highest BCUT2D eigenvalue weighted by molar-refractivity contribution is 6.35. The van der Waals surface area contributed by atoms with Gasteiger partial charge in [0.1, 0.15) is 0 Å². The molecule has 0 atom stereocenters. The van der Waals surface area contributed by atoms with Crippen LogP contribution in [0, 0.1) is 0 Å². The van der Waals surface area contributed by atoms with Gasteiger partial charge in [-0.05, 0) is 31.5 Å². The summed E-state index contributed by atoms with van der Waals surface area (Å²) in [6, 6.07) is 4.73. The van der Waals surface area contributed by atoms with E-state index in [1.807, 2.05) is 6.92 Å². The molecule has 0 aliphatic heterocycles. The van der Waals surface area contributed by atoms with E-state index in [0.29, 0.717) is 15.6 Å². The molecular formula is C12H14Cl2N2O. The monoisotopic (exact) mass is 272 g/mol. The molecule has 1 aromatic carbocycles. The van der Waals surface area contributed by atoms with E-state index in [4.69, 9.17) is 23.2 Å². The second kappa shape index (κ2) is 6.62. The van der Waals surface area contributed by atoms with Gasteiger partial charge < -0.3 is 0 Å². The molecule has 3 nitrogen and oxygen atoms in total. The summed E-state index contributed by atoms with van der Waals surface area (Å²) < 4.78 is 0. The van der Waals surface area contributed by atoms with Crippen LogP contribution in [-0.4, -0.2) is 11.6 Å². The van der Waals surface area contributed by atoms with Crippen LogP contribution >= 0.6 is 23.2 Å². The largest absolute Gasteiger partial charge is 0.272 e. The van der Waals surface area contributed by atoms with Gasteiger partial charge in [-0.15, -0.1) is 0 Å². The van der Waals surface area contributed by atoms with Crippen LogP contribution in [0.5, 0.6) is 0 Å². The van der Waals surface area contributed by atoms with E-state index in [2.05, 4.69) is 17.5 Å². The number of hydrogen-bond donors (Lipinski definition) is 1.